The average Bonchev–Trinajstić information content (AvgIpc) is 3.26. The van der Waals surface area contributed by atoms with Gasteiger partial charge in [0.1, 0.15) is 11.6 Å². The standard InChI is InChI=1S/C17H20BrN3O/c1-12(22-2)20-15-9-13(18)10-16(14(15)11-19)21-7-5-17(3-4-17)6-8-21/h9-10H,3-8H2,1-2H3/b20-12+. The fraction of sp³-hybridized carbons (Fsp3) is 0.529. The molecule has 0 unspecified atom stereocenters. The number of hydrogen-bond donors (Lipinski definition) is 0. The van der Waals surface area contributed by atoms with E-state index in [1.807, 2.05) is 12.1 Å². The maximum atomic E-state index is 9.62. The van der Waals surface area contributed by atoms with Crippen molar-refractivity contribution in [3.63, 3.8) is 0 Å². The molecule has 1 spiro atoms. The summed E-state index contributed by atoms with van der Waals surface area (Å²) in [7, 11) is 1.59. The zero-order chi connectivity index (χ0) is 15.7. The number of benzene rings is 1. The molecule has 4 nitrogen and oxygen atoms in total. The van der Waals surface area contributed by atoms with E-state index in [4.69, 9.17) is 4.74 Å². The van der Waals surface area contributed by atoms with Gasteiger partial charge in [-0.3, -0.25) is 0 Å². The van der Waals surface area contributed by atoms with Gasteiger partial charge in [0.25, 0.3) is 0 Å². The third-order valence-corrected chi connectivity index (χ3v) is 5.33. The largest absolute Gasteiger partial charge is 0.484 e. The van der Waals surface area contributed by atoms with Crippen molar-refractivity contribution in [1.29, 1.82) is 5.26 Å². The van der Waals surface area contributed by atoms with Gasteiger partial charge in [-0.25, -0.2) is 4.99 Å². The number of aliphatic imine (C=N–C) groups is 1. The monoisotopic (exact) mass is 361 g/mol. The summed E-state index contributed by atoms with van der Waals surface area (Å²) in [4.78, 5) is 6.75. The SMILES string of the molecule is CO/C(C)=N/c1cc(Br)cc(N2CCC3(CC2)CC3)c1C#N. The van der Waals surface area contributed by atoms with Gasteiger partial charge in [0.15, 0.2) is 5.90 Å². The molecule has 3 rings (SSSR count). The Balaban J connectivity index is 1.95. The van der Waals surface area contributed by atoms with Gasteiger partial charge in [0.05, 0.1) is 18.5 Å². The van der Waals surface area contributed by atoms with Crippen LogP contribution in [0.25, 0.3) is 0 Å². The Morgan fingerprint density at radius 1 is 1.32 bits per heavy atom. The molecule has 0 N–H and O–H groups in total. The van der Waals surface area contributed by atoms with Crippen LogP contribution in [0.2, 0.25) is 0 Å². The summed E-state index contributed by atoms with van der Waals surface area (Å²) in [6.07, 6.45) is 5.24. The maximum absolute atomic E-state index is 9.62. The molecule has 0 bridgehead atoms. The molecule has 1 aromatic rings. The van der Waals surface area contributed by atoms with Crippen molar-refractivity contribution in [2.45, 2.75) is 32.6 Å². The van der Waals surface area contributed by atoms with Crippen LogP contribution in [0, 0.1) is 16.7 Å². The lowest BCUT2D eigenvalue weighted by molar-refractivity contribution is 0.384. The van der Waals surface area contributed by atoms with E-state index in [2.05, 4.69) is 31.9 Å². The molecule has 1 aromatic carbocycles. The summed E-state index contributed by atoms with van der Waals surface area (Å²) in [5, 5.41) is 9.62. The molecule has 0 atom stereocenters. The van der Waals surface area contributed by atoms with Crippen molar-refractivity contribution < 1.29 is 4.74 Å². The van der Waals surface area contributed by atoms with Crippen LogP contribution in [0.15, 0.2) is 21.6 Å². The van der Waals surface area contributed by atoms with Gasteiger partial charge in [0, 0.05) is 24.5 Å². The highest BCUT2D eigenvalue weighted by Gasteiger charge is 2.44. The van der Waals surface area contributed by atoms with E-state index in [-0.39, 0.29) is 0 Å². The fourth-order valence-electron chi connectivity index (χ4n) is 3.14. The van der Waals surface area contributed by atoms with E-state index < -0.39 is 0 Å². The number of methoxy groups -OCH3 is 1. The highest BCUT2D eigenvalue weighted by molar-refractivity contribution is 9.10. The van der Waals surface area contributed by atoms with Crippen molar-refractivity contribution in [2.75, 3.05) is 25.1 Å². The van der Waals surface area contributed by atoms with Crippen molar-refractivity contribution in [3.8, 4) is 6.07 Å². The van der Waals surface area contributed by atoms with E-state index in [1.165, 1.54) is 25.7 Å². The summed E-state index contributed by atoms with van der Waals surface area (Å²) in [6.45, 7) is 3.84. The second-order valence-electron chi connectivity index (χ2n) is 6.25. The minimum Gasteiger partial charge on any atom is -0.484 e. The molecule has 1 saturated heterocycles. The minimum absolute atomic E-state index is 0.552. The number of nitrogens with zero attached hydrogens (tertiary/aromatic N) is 3. The third-order valence-electron chi connectivity index (χ3n) is 4.87. The zero-order valence-electron chi connectivity index (χ0n) is 13.0. The first-order chi connectivity index (χ1) is 10.6. The molecule has 0 amide bonds. The normalized spacial score (nSPS) is 19.9. The van der Waals surface area contributed by atoms with Gasteiger partial charge >= 0.3 is 0 Å². The fourth-order valence-corrected chi connectivity index (χ4v) is 3.58. The van der Waals surface area contributed by atoms with Gasteiger partial charge < -0.3 is 9.64 Å². The molecule has 22 heavy (non-hydrogen) atoms. The number of ether oxygens (including phenoxy) is 1. The summed E-state index contributed by atoms with van der Waals surface area (Å²) >= 11 is 3.54. The minimum atomic E-state index is 0.552. The Hall–Kier alpha value is -1.54. The Labute approximate surface area is 139 Å². The molecule has 1 heterocycles. The van der Waals surface area contributed by atoms with Crippen LogP contribution >= 0.6 is 15.9 Å². The van der Waals surface area contributed by atoms with Crippen LogP contribution in [0.4, 0.5) is 11.4 Å². The lowest BCUT2D eigenvalue weighted by atomic mass is 9.93. The van der Waals surface area contributed by atoms with Crippen LogP contribution in [0.1, 0.15) is 38.2 Å². The first-order valence-corrected chi connectivity index (χ1v) is 8.44. The van der Waals surface area contributed by atoms with E-state index in [0.717, 1.165) is 23.2 Å². The van der Waals surface area contributed by atoms with Gasteiger partial charge in [-0.1, -0.05) is 15.9 Å². The summed E-state index contributed by atoms with van der Waals surface area (Å²) in [5.41, 5.74) is 2.91. The average molecular weight is 362 g/mol. The van der Waals surface area contributed by atoms with Gasteiger partial charge in [-0.2, -0.15) is 5.26 Å². The van der Waals surface area contributed by atoms with Crippen LogP contribution in [-0.2, 0) is 4.74 Å². The van der Waals surface area contributed by atoms with Crippen LogP contribution < -0.4 is 4.90 Å². The number of rotatable bonds is 2. The van der Waals surface area contributed by atoms with Crippen molar-refractivity contribution in [3.05, 3.63) is 22.2 Å². The number of anilines is 1. The second kappa shape index (κ2) is 5.92. The van der Waals surface area contributed by atoms with Gasteiger partial charge in [-0.05, 0) is 43.2 Å². The Bertz CT molecular complexity index is 649. The highest BCUT2D eigenvalue weighted by atomic mass is 79.9. The lowest BCUT2D eigenvalue weighted by Gasteiger charge is -2.34. The van der Waals surface area contributed by atoms with Crippen LogP contribution in [-0.4, -0.2) is 26.1 Å². The molecule has 5 heteroatoms. The molecular weight excluding hydrogens is 342 g/mol. The van der Waals surface area contributed by atoms with Crippen molar-refractivity contribution >= 4 is 33.2 Å². The Morgan fingerprint density at radius 2 is 2.00 bits per heavy atom. The first kappa shape index (κ1) is 15.4. The van der Waals surface area contributed by atoms with Crippen molar-refractivity contribution in [1.82, 2.24) is 0 Å². The van der Waals surface area contributed by atoms with Crippen molar-refractivity contribution in [2.24, 2.45) is 10.4 Å². The van der Waals surface area contributed by atoms with Crippen LogP contribution in [0.3, 0.4) is 0 Å². The molecule has 2 aliphatic rings. The molecule has 1 aliphatic carbocycles. The second-order valence-corrected chi connectivity index (χ2v) is 7.17. The van der Waals surface area contributed by atoms with E-state index in [9.17, 15) is 5.26 Å². The lowest BCUT2D eigenvalue weighted by Crippen LogP contribution is -2.34. The number of piperidine rings is 1. The number of nitriles is 1. The molecule has 1 aliphatic heterocycles. The molecule has 1 saturated carbocycles. The molecule has 116 valence electrons. The Morgan fingerprint density at radius 3 is 2.55 bits per heavy atom. The van der Waals surface area contributed by atoms with Crippen LogP contribution in [0.5, 0.6) is 0 Å². The van der Waals surface area contributed by atoms with Gasteiger partial charge in [0.2, 0.25) is 0 Å². The maximum Gasteiger partial charge on any atom is 0.184 e. The number of hydrogen-bond acceptors (Lipinski definition) is 4. The van der Waals surface area contributed by atoms with E-state index in [1.54, 1.807) is 14.0 Å². The third kappa shape index (κ3) is 2.98. The predicted octanol–water partition coefficient (Wildman–Crippen LogP) is 4.40. The molecule has 2 fully saturated rings. The van der Waals surface area contributed by atoms with E-state index in [0.29, 0.717) is 22.6 Å². The first-order valence-electron chi connectivity index (χ1n) is 7.65. The van der Waals surface area contributed by atoms with E-state index >= 15 is 0 Å². The molecule has 0 radical (unpaired) electrons. The summed E-state index contributed by atoms with van der Waals surface area (Å²) in [6, 6.07) is 6.23. The number of halogens is 1. The topological polar surface area (TPSA) is 48.6 Å². The molecule has 0 aromatic heterocycles. The van der Waals surface area contributed by atoms with Gasteiger partial charge in [-0.15, -0.1) is 0 Å². The Kier molecular flexibility index (Phi) is 4.14. The zero-order valence-corrected chi connectivity index (χ0v) is 14.6. The summed E-state index contributed by atoms with van der Waals surface area (Å²) < 4.78 is 6.07. The smallest absolute Gasteiger partial charge is 0.184 e. The summed E-state index contributed by atoms with van der Waals surface area (Å²) in [5.74, 6) is 0.552. The highest BCUT2D eigenvalue weighted by Crippen LogP contribution is 2.54. The predicted molar refractivity (Wildman–Crippen MR) is 91.7 cm³/mol. The molecular formula is C17H20BrN3O. The quantitative estimate of drug-likeness (QED) is 0.579.